The summed E-state index contributed by atoms with van der Waals surface area (Å²) in [4.78, 5) is 12.6. The highest BCUT2D eigenvalue weighted by atomic mass is 32.2. The van der Waals surface area contributed by atoms with E-state index in [1.165, 1.54) is 0 Å². The normalized spacial score (nSPS) is 30.5. The first-order valence-corrected chi connectivity index (χ1v) is 11.1. The molecular formula is C19H26N2O6S. The van der Waals surface area contributed by atoms with Gasteiger partial charge in [-0.25, -0.2) is 8.42 Å². The Morgan fingerprint density at radius 1 is 1.29 bits per heavy atom. The van der Waals surface area contributed by atoms with Gasteiger partial charge in [-0.05, 0) is 30.5 Å². The molecule has 1 spiro atoms. The van der Waals surface area contributed by atoms with Gasteiger partial charge in [-0.3, -0.25) is 4.79 Å². The van der Waals surface area contributed by atoms with E-state index in [0.29, 0.717) is 44.2 Å². The first kappa shape index (κ1) is 19.6. The molecule has 8 nitrogen and oxygen atoms in total. The maximum atomic E-state index is 12.9. The van der Waals surface area contributed by atoms with Crippen molar-refractivity contribution in [1.82, 2.24) is 9.21 Å². The summed E-state index contributed by atoms with van der Waals surface area (Å²) in [6.07, 6.45) is 1.93. The zero-order valence-corrected chi connectivity index (χ0v) is 16.8. The summed E-state index contributed by atoms with van der Waals surface area (Å²) in [7, 11) is -1.83. The number of hydrogen-bond donors (Lipinski definition) is 0. The number of methoxy groups -OCH3 is 1. The zero-order chi connectivity index (χ0) is 19.8. The Morgan fingerprint density at radius 3 is 2.75 bits per heavy atom. The maximum absolute atomic E-state index is 12.9. The molecule has 3 saturated heterocycles. The lowest BCUT2D eigenvalue weighted by Crippen LogP contribution is -2.62. The summed E-state index contributed by atoms with van der Waals surface area (Å²) < 4.78 is 44.4. The number of carbonyl (C=O) groups excluding carboxylic acids is 1. The van der Waals surface area contributed by atoms with E-state index < -0.39 is 10.0 Å². The monoisotopic (exact) mass is 410 g/mol. The molecule has 1 aromatic rings. The Hall–Kier alpha value is -1.68. The van der Waals surface area contributed by atoms with Gasteiger partial charge in [0.25, 0.3) is 0 Å². The summed E-state index contributed by atoms with van der Waals surface area (Å²) in [5.41, 5.74) is 0.346. The highest BCUT2D eigenvalue weighted by Gasteiger charge is 2.52. The molecule has 3 aliphatic rings. The molecule has 1 amide bonds. The van der Waals surface area contributed by atoms with Crippen LogP contribution in [0.4, 0.5) is 0 Å². The fourth-order valence-corrected chi connectivity index (χ4v) is 6.26. The standard InChI is InChI=1S/C19H26N2O6S/c1-25-17-10-20(14-22)11-18(17)27-16-4-2-3-15(9-16)12-28(23,24)21-7-5-19(21)6-8-26-13-19/h2-4,9,14,17-18H,5-8,10-13H2,1H3. The van der Waals surface area contributed by atoms with Gasteiger partial charge in [0.1, 0.15) is 18.0 Å². The van der Waals surface area contributed by atoms with Crippen molar-refractivity contribution in [3.8, 4) is 5.75 Å². The average Bonchev–Trinajstić information content (AvgIpc) is 3.28. The summed E-state index contributed by atoms with van der Waals surface area (Å²) in [6.45, 7) is 2.59. The van der Waals surface area contributed by atoms with Gasteiger partial charge in [0, 0.05) is 20.3 Å². The third-order valence-corrected chi connectivity index (χ3v) is 7.90. The highest BCUT2D eigenvalue weighted by molar-refractivity contribution is 7.88. The largest absolute Gasteiger partial charge is 0.486 e. The molecule has 3 atom stereocenters. The predicted octanol–water partition coefficient (Wildman–Crippen LogP) is 0.616. The van der Waals surface area contributed by atoms with Crippen LogP contribution in [-0.4, -0.2) is 81.7 Å². The van der Waals surface area contributed by atoms with Crippen LogP contribution in [0.1, 0.15) is 18.4 Å². The van der Waals surface area contributed by atoms with Gasteiger partial charge >= 0.3 is 0 Å². The number of rotatable bonds is 7. The van der Waals surface area contributed by atoms with Crippen molar-refractivity contribution < 1.29 is 27.4 Å². The van der Waals surface area contributed by atoms with E-state index in [1.807, 2.05) is 0 Å². The van der Waals surface area contributed by atoms with E-state index in [-0.39, 0.29) is 23.5 Å². The van der Waals surface area contributed by atoms with Crippen LogP contribution in [0.25, 0.3) is 0 Å². The van der Waals surface area contributed by atoms with Gasteiger partial charge in [-0.2, -0.15) is 4.31 Å². The smallest absolute Gasteiger partial charge is 0.218 e. The second kappa shape index (κ2) is 7.62. The number of ether oxygens (including phenoxy) is 3. The molecule has 0 aromatic heterocycles. The zero-order valence-electron chi connectivity index (χ0n) is 16.0. The summed E-state index contributed by atoms with van der Waals surface area (Å²) in [6, 6.07) is 7.13. The van der Waals surface area contributed by atoms with Gasteiger partial charge in [0.05, 0.1) is 31.0 Å². The molecule has 0 radical (unpaired) electrons. The van der Waals surface area contributed by atoms with Crippen molar-refractivity contribution in [2.24, 2.45) is 0 Å². The molecule has 3 heterocycles. The summed E-state index contributed by atoms with van der Waals surface area (Å²) in [5.74, 6) is 0.514. The number of carbonyl (C=O) groups is 1. The second-order valence-corrected chi connectivity index (χ2v) is 9.64. The average molecular weight is 410 g/mol. The molecule has 28 heavy (non-hydrogen) atoms. The third kappa shape index (κ3) is 3.63. The minimum Gasteiger partial charge on any atom is -0.486 e. The van der Waals surface area contributed by atoms with Gasteiger partial charge in [-0.1, -0.05) is 12.1 Å². The first-order valence-electron chi connectivity index (χ1n) is 9.52. The van der Waals surface area contributed by atoms with Crippen LogP contribution in [0.5, 0.6) is 5.75 Å². The minimum absolute atomic E-state index is 0.0647. The van der Waals surface area contributed by atoms with E-state index >= 15 is 0 Å². The van der Waals surface area contributed by atoms with Crippen LogP contribution in [0.2, 0.25) is 0 Å². The molecule has 0 N–H and O–H groups in total. The highest BCUT2D eigenvalue weighted by Crippen LogP contribution is 2.41. The van der Waals surface area contributed by atoms with E-state index in [0.717, 1.165) is 19.3 Å². The first-order chi connectivity index (χ1) is 13.5. The molecule has 0 aliphatic carbocycles. The van der Waals surface area contributed by atoms with Gasteiger partial charge in [0.2, 0.25) is 16.4 Å². The molecule has 3 fully saturated rings. The molecule has 0 bridgehead atoms. The van der Waals surface area contributed by atoms with Crippen molar-refractivity contribution in [2.75, 3.05) is 40.0 Å². The Balaban J connectivity index is 1.45. The van der Waals surface area contributed by atoms with Crippen molar-refractivity contribution in [3.05, 3.63) is 29.8 Å². The van der Waals surface area contributed by atoms with Crippen LogP contribution in [0, 0.1) is 0 Å². The van der Waals surface area contributed by atoms with Gasteiger partial charge < -0.3 is 19.1 Å². The van der Waals surface area contributed by atoms with Crippen LogP contribution < -0.4 is 4.74 Å². The number of hydrogen-bond acceptors (Lipinski definition) is 6. The van der Waals surface area contributed by atoms with Crippen molar-refractivity contribution in [2.45, 2.75) is 36.3 Å². The van der Waals surface area contributed by atoms with Crippen LogP contribution in [-0.2, 0) is 30.0 Å². The number of benzene rings is 1. The molecule has 9 heteroatoms. The maximum Gasteiger partial charge on any atom is 0.218 e. The lowest BCUT2D eigenvalue weighted by molar-refractivity contribution is -0.117. The topological polar surface area (TPSA) is 85.4 Å². The van der Waals surface area contributed by atoms with Crippen molar-refractivity contribution >= 4 is 16.4 Å². The van der Waals surface area contributed by atoms with Crippen molar-refractivity contribution in [1.29, 1.82) is 0 Å². The Labute approximate surface area is 165 Å². The van der Waals surface area contributed by atoms with Crippen LogP contribution in [0.3, 0.4) is 0 Å². The molecule has 4 rings (SSSR count). The fourth-order valence-electron chi connectivity index (χ4n) is 4.31. The number of likely N-dealkylation sites (tertiary alicyclic amines) is 1. The molecule has 154 valence electrons. The SMILES string of the molecule is COC1CN(C=O)CC1Oc1cccc(CS(=O)(=O)N2CCC23CCOC3)c1. The van der Waals surface area contributed by atoms with Gasteiger partial charge in [0.15, 0.2) is 0 Å². The second-order valence-electron chi connectivity index (χ2n) is 7.74. The molecule has 0 saturated carbocycles. The van der Waals surface area contributed by atoms with E-state index in [4.69, 9.17) is 14.2 Å². The third-order valence-electron chi connectivity index (χ3n) is 5.96. The molecule has 1 aromatic carbocycles. The molecular weight excluding hydrogens is 384 g/mol. The van der Waals surface area contributed by atoms with E-state index in [2.05, 4.69) is 0 Å². The van der Waals surface area contributed by atoms with E-state index in [9.17, 15) is 13.2 Å². The Kier molecular flexibility index (Phi) is 5.34. The quantitative estimate of drug-likeness (QED) is 0.613. The molecule has 3 unspecified atom stereocenters. The lowest BCUT2D eigenvalue weighted by atomic mass is 9.87. The van der Waals surface area contributed by atoms with Crippen LogP contribution >= 0.6 is 0 Å². The lowest BCUT2D eigenvalue weighted by Gasteiger charge is -2.48. The fraction of sp³-hybridized carbons (Fsp3) is 0.632. The molecule has 3 aliphatic heterocycles. The Bertz CT molecular complexity index is 823. The number of nitrogens with zero attached hydrogens (tertiary/aromatic N) is 2. The van der Waals surface area contributed by atoms with E-state index in [1.54, 1.807) is 40.6 Å². The summed E-state index contributed by atoms with van der Waals surface area (Å²) >= 11 is 0. The Morgan fingerprint density at radius 2 is 2.11 bits per heavy atom. The van der Waals surface area contributed by atoms with Gasteiger partial charge in [-0.15, -0.1) is 0 Å². The van der Waals surface area contributed by atoms with Crippen LogP contribution in [0.15, 0.2) is 24.3 Å². The number of sulfonamides is 1. The minimum atomic E-state index is -3.42. The predicted molar refractivity (Wildman–Crippen MR) is 101 cm³/mol. The summed E-state index contributed by atoms with van der Waals surface area (Å²) in [5, 5.41) is 0. The number of amides is 1. The van der Waals surface area contributed by atoms with Crippen molar-refractivity contribution in [3.63, 3.8) is 0 Å².